The van der Waals surface area contributed by atoms with Crippen molar-refractivity contribution in [2.75, 3.05) is 27.2 Å². The number of benzene rings is 2. The van der Waals surface area contributed by atoms with Crippen LogP contribution in [0.15, 0.2) is 48.5 Å². The first-order chi connectivity index (χ1) is 12.5. The second kappa shape index (κ2) is 9.95. The van der Waals surface area contributed by atoms with Gasteiger partial charge in [-0.2, -0.15) is 0 Å². The van der Waals surface area contributed by atoms with E-state index in [1.54, 1.807) is 12.1 Å². The number of nitrogens with zero attached hydrogens (tertiary/aromatic N) is 1. The number of carbonyl (C=O) groups excluding carboxylic acids is 1. The Morgan fingerprint density at radius 2 is 1.93 bits per heavy atom. The summed E-state index contributed by atoms with van der Waals surface area (Å²) in [6, 6.07) is 15.1. The van der Waals surface area contributed by atoms with Crippen LogP contribution in [-0.4, -0.2) is 44.3 Å². The topological polar surface area (TPSA) is 50.8 Å². The highest BCUT2D eigenvalue weighted by Crippen LogP contribution is 2.39. The summed E-state index contributed by atoms with van der Waals surface area (Å²) >= 11 is 6.14. The summed E-state index contributed by atoms with van der Waals surface area (Å²) in [5.74, 6) is 0.341. The van der Waals surface area contributed by atoms with E-state index in [1.165, 1.54) is 0 Å². The van der Waals surface area contributed by atoms with E-state index in [2.05, 4.69) is 10.2 Å². The summed E-state index contributed by atoms with van der Waals surface area (Å²) in [7, 11) is 4.00. The van der Waals surface area contributed by atoms with Crippen molar-refractivity contribution in [3.8, 4) is 5.75 Å². The molecule has 0 saturated carbocycles. The van der Waals surface area contributed by atoms with Gasteiger partial charge in [0.15, 0.2) is 0 Å². The molecule has 0 radical (unpaired) electrons. The van der Waals surface area contributed by atoms with Crippen LogP contribution in [0.1, 0.15) is 23.7 Å². The van der Waals surface area contributed by atoms with Crippen molar-refractivity contribution >= 4 is 29.9 Å². The van der Waals surface area contributed by atoms with Crippen molar-refractivity contribution in [3.63, 3.8) is 0 Å². The second-order valence-electron chi connectivity index (χ2n) is 6.51. The molecule has 2 atom stereocenters. The molecule has 0 aromatic heterocycles. The summed E-state index contributed by atoms with van der Waals surface area (Å²) in [5, 5.41) is 3.48. The zero-order valence-corrected chi connectivity index (χ0v) is 16.9. The normalized spacial score (nSPS) is 18.2. The molecule has 1 aliphatic heterocycles. The SMILES string of the molecule is CN(C)CCCNC(=O)[C@H]1Oc2ccc(Cl)cc2[C@@H](c2ccccc2)O1.Cl. The Kier molecular flexibility index (Phi) is 7.92. The van der Waals surface area contributed by atoms with Gasteiger partial charge in [0.1, 0.15) is 11.9 Å². The van der Waals surface area contributed by atoms with Crippen LogP contribution in [0.3, 0.4) is 0 Å². The fraction of sp³-hybridized carbons (Fsp3) is 0.350. The van der Waals surface area contributed by atoms with Gasteiger partial charge < -0.3 is 19.7 Å². The van der Waals surface area contributed by atoms with Crippen molar-refractivity contribution < 1.29 is 14.3 Å². The maximum absolute atomic E-state index is 12.5. The van der Waals surface area contributed by atoms with E-state index in [1.807, 2.05) is 50.5 Å². The van der Waals surface area contributed by atoms with Gasteiger partial charge in [-0.3, -0.25) is 4.79 Å². The minimum atomic E-state index is -0.992. The van der Waals surface area contributed by atoms with Gasteiger partial charge in [0.2, 0.25) is 0 Å². The Labute approximate surface area is 171 Å². The summed E-state index contributed by atoms with van der Waals surface area (Å²) in [6.45, 7) is 1.48. The zero-order valence-electron chi connectivity index (χ0n) is 15.4. The van der Waals surface area contributed by atoms with E-state index in [0.717, 1.165) is 24.1 Å². The Balaban J connectivity index is 0.00000261. The molecule has 0 aliphatic carbocycles. The van der Waals surface area contributed by atoms with Gasteiger partial charge in [0.05, 0.1) is 0 Å². The lowest BCUT2D eigenvalue weighted by atomic mass is 9.99. The average molecular weight is 411 g/mol. The van der Waals surface area contributed by atoms with Crippen LogP contribution < -0.4 is 10.1 Å². The van der Waals surface area contributed by atoms with Gasteiger partial charge in [-0.15, -0.1) is 12.4 Å². The number of amides is 1. The predicted octanol–water partition coefficient (Wildman–Crippen LogP) is 3.65. The van der Waals surface area contributed by atoms with Gasteiger partial charge in [-0.25, -0.2) is 0 Å². The molecule has 0 unspecified atom stereocenters. The smallest absolute Gasteiger partial charge is 0.289 e. The number of ether oxygens (including phenoxy) is 2. The number of halogens is 2. The summed E-state index contributed by atoms with van der Waals surface area (Å²) in [6.07, 6.45) is -0.538. The molecule has 27 heavy (non-hydrogen) atoms. The van der Waals surface area contributed by atoms with Gasteiger partial charge in [-0.1, -0.05) is 41.9 Å². The van der Waals surface area contributed by atoms with Crippen LogP contribution in [0.5, 0.6) is 5.75 Å². The molecule has 1 N–H and O–H groups in total. The van der Waals surface area contributed by atoms with Crippen molar-refractivity contribution in [2.45, 2.75) is 18.8 Å². The van der Waals surface area contributed by atoms with Gasteiger partial charge in [0.25, 0.3) is 12.2 Å². The fourth-order valence-corrected chi connectivity index (χ4v) is 3.04. The molecular formula is C20H24Cl2N2O3. The average Bonchev–Trinajstić information content (AvgIpc) is 2.64. The first-order valence-electron chi connectivity index (χ1n) is 8.63. The first-order valence-corrected chi connectivity index (χ1v) is 9.01. The van der Waals surface area contributed by atoms with Gasteiger partial charge in [0, 0.05) is 17.1 Å². The molecule has 2 aromatic rings. The van der Waals surface area contributed by atoms with E-state index in [-0.39, 0.29) is 18.3 Å². The molecule has 0 saturated heterocycles. The number of hydrogen-bond donors (Lipinski definition) is 1. The third kappa shape index (κ3) is 5.59. The van der Waals surface area contributed by atoms with Crippen molar-refractivity contribution in [1.29, 1.82) is 0 Å². The lowest BCUT2D eigenvalue weighted by molar-refractivity contribution is -0.165. The maximum Gasteiger partial charge on any atom is 0.289 e. The van der Waals surface area contributed by atoms with Gasteiger partial charge in [-0.05, 0) is 50.8 Å². The molecule has 5 nitrogen and oxygen atoms in total. The predicted molar refractivity (Wildman–Crippen MR) is 109 cm³/mol. The van der Waals surface area contributed by atoms with E-state index < -0.39 is 12.4 Å². The molecule has 146 valence electrons. The monoisotopic (exact) mass is 410 g/mol. The van der Waals surface area contributed by atoms with Crippen LogP contribution in [0, 0.1) is 0 Å². The third-order valence-corrected chi connectivity index (χ3v) is 4.38. The van der Waals surface area contributed by atoms with Crippen LogP contribution in [0.2, 0.25) is 5.02 Å². The number of carbonyl (C=O) groups is 1. The molecule has 0 spiro atoms. The highest BCUT2D eigenvalue weighted by Gasteiger charge is 2.34. The summed E-state index contributed by atoms with van der Waals surface area (Å²) < 4.78 is 11.8. The number of hydrogen-bond acceptors (Lipinski definition) is 4. The van der Waals surface area contributed by atoms with Gasteiger partial charge >= 0.3 is 0 Å². The standard InChI is InChI=1S/C20H23ClN2O3.ClH/c1-23(2)12-6-11-22-19(24)20-25-17-10-9-15(21)13-16(17)18(26-20)14-7-4-3-5-8-14;/h3-5,7-10,13,18,20H,6,11-12H2,1-2H3,(H,22,24);1H/t18-,20+;/m1./s1. The molecule has 7 heteroatoms. The van der Waals surface area contributed by atoms with E-state index >= 15 is 0 Å². The molecule has 0 fully saturated rings. The Morgan fingerprint density at radius 3 is 2.63 bits per heavy atom. The van der Waals surface area contributed by atoms with Crippen molar-refractivity contribution in [3.05, 3.63) is 64.7 Å². The molecule has 1 aliphatic rings. The maximum atomic E-state index is 12.5. The van der Waals surface area contributed by atoms with E-state index in [9.17, 15) is 4.79 Å². The van der Waals surface area contributed by atoms with Crippen LogP contribution in [0.25, 0.3) is 0 Å². The molecule has 1 heterocycles. The first kappa shape index (κ1) is 21.5. The Morgan fingerprint density at radius 1 is 1.19 bits per heavy atom. The lowest BCUT2D eigenvalue weighted by Gasteiger charge is -2.32. The van der Waals surface area contributed by atoms with E-state index in [4.69, 9.17) is 21.1 Å². The molecular weight excluding hydrogens is 387 g/mol. The largest absolute Gasteiger partial charge is 0.455 e. The summed E-state index contributed by atoms with van der Waals surface area (Å²) in [4.78, 5) is 14.6. The number of fused-ring (bicyclic) bond motifs is 1. The van der Waals surface area contributed by atoms with Crippen LogP contribution in [0.4, 0.5) is 0 Å². The zero-order chi connectivity index (χ0) is 18.5. The molecule has 3 rings (SSSR count). The van der Waals surface area contributed by atoms with E-state index in [0.29, 0.717) is 17.3 Å². The highest BCUT2D eigenvalue weighted by molar-refractivity contribution is 6.30. The van der Waals surface area contributed by atoms with Crippen molar-refractivity contribution in [1.82, 2.24) is 10.2 Å². The molecule has 1 amide bonds. The minimum absolute atomic E-state index is 0. The molecule has 0 bridgehead atoms. The lowest BCUT2D eigenvalue weighted by Crippen LogP contribution is -2.43. The Hall–Kier alpha value is -1.79. The summed E-state index contributed by atoms with van der Waals surface area (Å²) in [5.41, 5.74) is 1.77. The van der Waals surface area contributed by atoms with Crippen molar-refractivity contribution in [2.24, 2.45) is 0 Å². The fourth-order valence-electron chi connectivity index (χ4n) is 2.86. The Bertz CT molecular complexity index is 756. The highest BCUT2D eigenvalue weighted by atomic mass is 35.5. The third-order valence-electron chi connectivity index (χ3n) is 4.15. The number of nitrogens with one attached hydrogen (secondary N) is 1. The van der Waals surface area contributed by atoms with Crippen LogP contribution >= 0.6 is 24.0 Å². The van der Waals surface area contributed by atoms with Crippen LogP contribution in [-0.2, 0) is 9.53 Å². The molecule has 2 aromatic carbocycles. The minimum Gasteiger partial charge on any atom is -0.455 e. The second-order valence-corrected chi connectivity index (χ2v) is 6.94. The number of rotatable bonds is 6. The quantitative estimate of drug-likeness (QED) is 0.738.